The Morgan fingerprint density at radius 3 is 2.38 bits per heavy atom. The van der Waals surface area contributed by atoms with E-state index in [1.807, 2.05) is 11.0 Å². The normalized spacial score (nSPS) is 14.0. The molecule has 1 amide bonds. The number of nitrogens with zero attached hydrogens (tertiary/aromatic N) is 7. The largest absolute Gasteiger partial charge is 0.493 e. The minimum absolute atomic E-state index is 0.0309. The average Bonchev–Trinajstić information content (AvgIpc) is 3.33. The van der Waals surface area contributed by atoms with Crippen molar-refractivity contribution >= 4 is 11.7 Å². The van der Waals surface area contributed by atoms with Crippen molar-refractivity contribution in [2.24, 2.45) is 0 Å². The number of hydrogen-bond acceptors (Lipinski definition) is 8. The molecular formula is C19H21N7O3. The monoisotopic (exact) mass is 395 g/mol. The van der Waals surface area contributed by atoms with E-state index in [0.29, 0.717) is 49.1 Å². The second-order valence-electron chi connectivity index (χ2n) is 6.42. The number of piperazine rings is 1. The van der Waals surface area contributed by atoms with Gasteiger partial charge in [0.1, 0.15) is 24.8 Å². The van der Waals surface area contributed by atoms with Gasteiger partial charge < -0.3 is 19.3 Å². The molecule has 10 heteroatoms. The SMILES string of the molecule is COc1ccc(C(=O)N2CCN(c3cc(-n4cncn4)ncn3)CC2)cc1OC. The predicted octanol–water partition coefficient (Wildman–Crippen LogP) is 1.04. The number of aromatic nitrogens is 5. The first-order valence-corrected chi connectivity index (χ1v) is 9.13. The van der Waals surface area contributed by atoms with Gasteiger partial charge in [0.2, 0.25) is 0 Å². The molecule has 0 N–H and O–H groups in total. The predicted molar refractivity (Wildman–Crippen MR) is 105 cm³/mol. The smallest absolute Gasteiger partial charge is 0.254 e. The van der Waals surface area contributed by atoms with Crippen LogP contribution >= 0.6 is 0 Å². The van der Waals surface area contributed by atoms with Gasteiger partial charge >= 0.3 is 0 Å². The summed E-state index contributed by atoms with van der Waals surface area (Å²) >= 11 is 0. The van der Waals surface area contributed by atoms with Crippen molar-refractivity contribution in [2.45, 2.75) is 0 Å². The van der Waals surface area contributed by atoms with E-state index < -0.39 is 0 Å². The van der Waals surface area contributed by atoms with Gasteiger partial charge in [0.15, 0.2) is 17.3 Å². The third-order valence-electron chi connectivity index (χ3n) is 4.81. The number of anilines is 1. The number of carbonyl (C=O) groups excluding carboxylic acids is 1. The van der Waals surface area contributed by atoms with Crippen LogP contribution in [0.25, 0.3) is 5.82 Å². The Balaban J connectivity index is 1.43. The molecule has 0 bridgehead atoms. The first-order valence-electron chi connectivity index (χ1n) is 9.13. The highest BCUT2D eigenvalue weighted by atomic mass is 16.5. The molecule has 0 unspecified atom stereocenters. The zero-order chi connectivity index (χ0) is 20.2. The lowest BCUT2D eigenvalue weighted by Gasteiger charge is -2.35. The minimum Gasteiger partial charge on any atom is -0.493 e. The second kappa shape index (κ2) is 8.13. The van der Waals surface area contributed by atoms with Crippen molar-refractivity contribution in [3.05, 3.63) is 48.8 Å². The van der Waals surface area contributed by atoms with Crippen molar-refractivity contribution in [3.8, 4) is 17.3 Å². The molecule has 150 valence electrons. The van der Waals surface area contributed by atoms with E-state index in [4.69, 9.17) is 9.47 Å². The summed E-state index contributed by atoms with van der Waals surface area (Å²) in [4.78, 5) is 29.4. The first kappa shape index (κ1) is 18.7. The standard InChI is InChI=1S/C19H21N7O3/c1-28-15-4-3-14(9-16(15)29-2)19(27)25-7-5-24(6-8-25)17-10-18(22-12-21-17)26-13-20-11-23-26/h3-4,9-13H,5-8H2,1-2H3. The number of amides is 1. The molecule has 0 atom stereocenters. The third-order valence-corrected chi connectivity index (χ3v) is 4.81. The lowest BCUT2D eigenvalue weighted by atomic mass is 10.1. The maximum Gasteiger partial charge on any atom is 0.254 e. The van der Waals surface area contributed by atoms with E-state index in [-0.39, 0.29) is 5.91 Å². The van der Waals surface area contributed by atoms with Crippen LogP contribution in [0.2, 0.25) is 0 Å². The molecule has 0 radical (unpaired) electrons. The molecule has 1 aliphatic rings. The third kappa shape index (κ3) is 3.82. The fraction of sp³-hybridized carbons (Fsp3) is 0.316. The van der Waals surface area contributed by atoms with Crippen molar-refractivity contribution in [2.75, 3.05) is 45.3 Å². The maximum absolute atomic E-state index is 12.9. The number of benzene rings is 1. The van der Waals surface area contributed by atoms with E-state index in [9.17, 15) is 4.79 Å². The number of ether oxygens (including phenoxy) is 2. The van der Waals surface area contributed by atoms with E-state index in [1.165, 1.54) is 12.7 Å². The van der Waals surface area contributed by atoms with Crippen molar-refractivity contribution in [1.29, 1.82) is 0 Å². The second-order valence-corrected chi connectivity index (χ2v) is 6.42. The molecule has 1 saturated heterocycles. The summed E-state index contributed by atoms with van der Waals surface area (Å²) in [6.07, 6.45) is 4.56. The van der Waals surface area contributed by atoms with Crippen LogP contribution in [0.4, 0.5) is 5.82 Å². The fourth-order valence-electron chi connectivity index (χ4n) is 3.25. The molecule has 0 saturated carbocycles. The molecule has 1 fully saturated rings. The number of carbonyl (C=O) groups is 1. The number of rotatable bonds is 5. The molecule has 4 rings (SSSR count). The van der Waals surface area contributed by atoms with Crippen LogP contribution in [0.3, 0.4) is 0 Å². The van der Waals surface area contributed by atoms with Gasteiger partial charge in [-0.15, -0.1) is 0 Å². The van der Waals surface area contributed by atoms with E-state index >= 15 is 0 Å². The Bertz CT molecular complexity index is 985. The highest BCUT2D eigenvalue weighted by molar-refractivity contribution is 5.95. The molecule has 29 heavy (non-hydrogen) atoms. The zero-order valence-electron chi connectivity index (χ0n) is 16.2. The molecular weight excluding hydrogens is 374 g/mol. The molecule has 1 aliphatic heterocycles. The van der Waals surface area contributed by atoms with Gasteiger partial charge in [-0.3, -0.25) is 4.79 Å². The number of methoxy groups -OCH3 is 2. The Kier molecular flexibility index (Phi) is 5.23. The zero-order valence-corrected chi connectivity index (χ0v) is 16.2. The summed E-state index contributed by atoms with van der Waals surface area (Å²) < 4.78 is 12.1. The van der Waals surface area contributed by atoms with Crippen LogP contribution < -0.4 is 14.4 Å². The van der Waals surface area contributed by atoms with Crippen LogP contribution in [0.5, 0.6) is 11.5 Å². The van der Waals surface area contributed by atoms with Crippen LogP contribution in [0, 0.1) is 0 Å². The summed E-state index contributed by atoms with van der Waals surface area (Å²) in [5.74, 6) is 2.55. The van der Waals surface area contributed by atoms with Crippen LogP contribution in [0.1, 0.15) is 10.4 Å². The lowest BCUT2D eigenvalue weighted by Crippen LogP contribution is -2.49. The van der Waals surface area contributed by atoms with Crippen LogP contribution in [-0.2, 0) is 0 Å². The molecule has 0 spiro atoms. The summed E-state index contributed by atoms with van der Waals surface area (Å²) in [5, 5.41) is 4.09. The van der Waals surface area contributed by atoms with E-state index in [2.05, 4.69) is 25.0 Å². The highest BCUT2D eigenvalue weighted by Gasteiger charge is 2.24. The van der Waals surface area contributed by atoms with Gasteiger partial charge in [-0.1, -0.05) is 0 Å². The Morgan fingerprint density at radius 1 is 0.931 bits per heavy atom. The first-order chi connectivity index (χ1) is 14.2. The van der Waals surface area contributed by atoms with E-state index in [0.717, 1.165) is 5.82 Å². The summed E-state index contributed by atoms with van der Waals surface area (Å²) in [5.41, 5.74) is 0.576. The molecule has 0 aliphatic carbocycles. The van der Waals surface area contributed by atoms with Gasteiger partial charge in [-0.05, 0) is 18.2 Å². The summed E-state index contributed by atoms with van der Waals surface area (Å²) in [7, 11) is 3.13. The summed E-state index contributed by atoms with van der Waals surface area (Å²) in [6.45, 7) is 2.53. The quantitative estimate of drug-likeness (QED) is 0.632. The van der Waals surface area contributed by atoms with Crippen molar-refractivity contribution in [1.82, 2.24) is 29.6 Å². The van der Waals surface area contributed by atoms with Gasteiger partial charge in [0.05, 0.1) is 14.2 Å². The van der Waals surface area contributed by atoms with Gasteiger partial charge in [0.25, 0.3) is 5.91 Å². The molecule has 3 aromatic rings. The fourth-order valence-corrected chi connectivity index (χ4v) is 3.25. The van der Waals surface area contributed by atoms with Crippen molar-refractivity contribution < 1.29 is 14.3 Å². The van der Waals surface area contributed by atoms with Crippen LogP contribution in [-0.4, -0.2) is 75.9 Å². The number of hydrogen-bond donors (Lipinski definition) is 0. The molecule has 2 aromatic heterocycles. The van der Waals surface area contributed by atoms with Gasteiger partial charge in [-0.25, -0.2) is 19.6 Å². The Morgan fingerprint density at radius 2 is 1.69 bits per heavy atom. The van der Waals surface area contributed by atoms with Gasteiger partial charge in [0, 0.05) is 37.8 Å². The lowest BCUT2D eigenvalue weighted by molar-refractivity contribution is 0.0746. The summed E-state index contributed by atoms with van der Waals surface area (Å²) in [6, 6.07) is 7.07. The average molecular weight is 395 g/mol. The Labute approximate surface area is 167 Å². The topological polar surface area (TPSA) is 98.5 Å². The van der Waals surface area contributed by atoms with Gasteiger partial charge in [-0.2, -0.15) is 5.10 Å². The van der Waals surface area contributed by atoms with E-state index in [1.54, 1.807) is 43.4 Å². The minimum atomic E-state index is -0.0309. The maximum atomic E-state index is 12.9. The van der Waals surface area contributed by atoms with Crippen LogP contribution in [0.15, 0.2) is 43.2 Å². The molecule has 10 nitrogen and oxygen atoms in total. The Hall–Kier alpha value is -3.69. The molecule has 1 aromatic carbocycles. The highest BCUT2D eigenvalue weighted by Crippen LogP contribution is 2.28. The van der Waals surface area contributed by atoms with Crippen molar-refractivity contribution in [3.63, 3.8) is 0 Å². The molecule has 3 heterocycles.